The maximum atomic E-state index is 10.6. The number of nitrogens with zero attached hydrogens (tertiary/aromatic N) is 2. The third kappa shape index (κ3) is 6.69. The van der Waals surface area contributed by atoms with Crippen LogP contribution in [0.4, 0.5) is 0 Å². The molecule has 4 heteroatoms. The summed E-state index contributed by atoms with van der Waals surface area (Å²) < 4.78 is 0. The van der Waals surface area contributed by atoms with Gasteiger partial charge in [-0.2, -0.15) is 5.26 Å². The Kier molecular flexibility index (Phi) is 6.39. The van der Waals surface area contributed by atoms with Crippen LogP contribution < -0.4 is 0 Å². The standard InChI is InChI=1S/C11H18N2O2/c1-9(2)7-13(6-4-5-12)8-10(3)11(14)15/h9H,3-4,6-8H2,1-2H3,(H,14,15). The fourth-order valence-electron chi connectivity index (χ4n) is 1.30. The zero-order valence-corrected chi connectivity index (χ0v) is 9.36. The van der Waals surface area contributed by atoms with Gasteiger partial charge in [0.2, 0.25) is 0 Å². The molecule has 0 saturated carbocycles. The Bertz CT molecular complexity index is 266. The van der Waals surface area contributed by atoms with Crippen molar-refractivity contribution < 1.29 is 9.90 Å². The number of carboxylic acids is 1. The van der Waals surface area contributed by atoms with Gasteiger partial charge < -0.3 is 5.11 Å². The average molecular weight is 210 g/mol. The minimum Gasteiger partial charge on any atom is -0.478 e. The molecule has 0 fully saturated rings. The third-order valence-corrected chi connectivity index (χ3v) is 1.88. The van der Waals surface area contributed by atoms with Crippen LogP contribution in [0, 0.1) is 17.2 Å². The van der Waals surface area contributed by atoms with Crippen LogP contribution in [0.15, 0.2) is 12.2 Å². The highest BCUT2D eigenvalue weighted by Gasteiger charge is 2.12. The van der Waals surface area contributed by atoms with Crippen LogP contribution in [-0.4, -0.2) is 35.6 Å². The number of hydrogen-bond acceptors (Lipinski definition) is 3. The van der Waals surface area contributed by atoms with Crippen LogP contribution in [0.2, 0.25) is 0 Å². The van der Waals surface area contributed by atoms with E-state index in [1.807, 2.05) is 4.90 Å². The van der Waals surface area contributed by atoms with Crippen LogP contribution >= 0.6 is 0 Å². The molecule has 4 nitrogen and oxygen atoms in total. The molecule has 0 aromatic carbocycles. The zero-order valence-electron chi connectivity index (χ0n) is 9.36. The second-order valence-electron chi connectivity index (χ2n) is 3.95. The predicted octanol–water partition coefficient (Wildman–Crippen LogP) is 1.50. The van der Waals surface area contributed by atoms with Crippen molar-refractivity contribution in [1.29, 1.82) is 5.26 Å². The zero-order chi connectivity index (χ0) is 11.8. The lowest BCUT2D eigenvalue weighted by molar-refractivity contribution is -0.132. The van der Waals surface area contributed by atoms with E-state index < -0.39 is 5.97 Å². The summed E-state index contributed by atoms with van der Waals surface area (Å²) in [6, 6.07) is 2.06. The number of aliphatic carboxylic acids is 1. The first-order chi connectivity index (χ1) is 6.97. The smallest absolute Gasteiger partial charge is 0.332 e. The first-order valence-electron chi connectivity index (χ1n) is 4.97. The van der Waals surface area contributed by atoms with Gasteiger partial charge in [-0.1, -0.05) is 20.4 Å². The Morgan fingerprint density at radius 3 is 2.60 bits per heavy atom. The molecular weight excluding hydrogens is 192 g/mol. The van der Waals surface area contributed by atoms with Gasteiger partial charge >= 0.3 is 5.97 Å². The molecular formula is C11H18N2O2. The van der Waals surface area contributed by atoms with Crippen molar-refractivity contribution in [2.24, 2.45) is 5.92 Å². The molecule has 0 spiro atoms. The van der Waals surface area contributed by atoms with E-state index in [1.165, 1.54) is 0 Å². The van der Waals surface area contributed by atoms with Gasteiger partial charge in [0.15, 0.2) is 0 Å². The largest absolute Gasteiger partial charge is 0.478 e. The molecule has 0 aliphatic heterocycles. The van der Waals surface area contributed by atoms with E-state index in [2.05, 4.69) is 26.5 Å². The predicted molar refractivity (Wildman–Crippen MR) is 58.3 cm³/mol. The van der Waals surface area contributed by atoms with E-state index in [0.717, 1.165) is 6.54 Å². The second-order valence-corrected chi connectivity index (χ2v) is 3.95. The molecule has 0 aromatic rings. The molecule has 0 bridgehead atoms. The maximum absolute atomic E-state index is 10.6. The number of hydrogen-bond donors (Lipinski definition) is 1. The fraction of sp³-hybridized carbons (Fsp3) is 0.636. The number of rotatable bonds is 7. The Balaban J connectivity index is 4.18. The topological polar surface area (TPSA) is 64.3 Å². The lowest BCUT2D eigenvalue weighted by Crippen LogP contribution is -2.32. The Morgan fingerprint density at radius 2 is 2.20 bits per heavy atom. The van der Waals surface area contributed by atoms with Crippen molar-refractivity contribution in [1.82, 2.24) is 4.90 Å². The van der Waals surface area contributed by atoms with Gasteiger partial charge in [-0.25, -0.2) is 4.79 Å². The lowest BCUT2D eigenvalue weighted by atomic mass is 10.2. The fourth-order valence-corrected chi connectivity index (χ4v) is 1.30. The van der Waals surface area contributed by atoms with Crippen LogP contribution in [0.5, 0.6) is 0 Å². The first kappa shape index (κ1) is 13.7. The third-order valence-electron chi connectivity index (χ3n) is 1.88. The van der Waals surface area contributed by atoms with Gasteiger partial charge in [0.25, 0.3) is 0 Å². The molecule has 0 saturated heterocycles. The van der Waals surface area contributed by atoms with Crippen LogP contribution in [0.1, 0.15) is 20.3 Å². The molecule has 0 heterocycles. The van der Waals surface area contributed by atoms with Crippen molar-refractivity contribution in [2.45, 2.75) is 20.3 Å². The Labute approximate surface area is 90.8 Å². The average Bonchev–Trinajstić information content (AvgIpc) is 2.13. The van der Waals surface area contributed by atoms with E-state index in [9.17, 15) is 4.79 Å². The van der Waals surface area contributed by atoms with Crippen molar-refractivity contribution in [2.75, 3.05) is 19.6 Å². The summed E-state index contributed by atoms with van der Waals surface area (Å²) in [6.45, 7) is 9.31. The number of carboxylic acid groups (broad SMARTS) is 1. The quantitative estimate of drug-likeness (QED) is 0.647. The van der Waals surface area contributed by atoms with Crippen LogP contribution in [0.25, 0.3) is 0 Å². The molecule has 0 unspecified atom stereocenters. The van der Waals surface area contributed by atoms with Crippen LogP contribution in [-0.2, 0) is 4.79 Å². The van der Waals surface area contributed by atoms with E-state index in [1.54, 1.807) is 0 Å². The van der Waals surface area contributed by atoms with Gasteiger partial charge in [0.05, 0.1) is 6.07 Å². The van der Waals surface area contributed by atoms with Crippen LogP contribution in [0.3, 0.4) is 0 Å². The van der Waals surface area contributed by atoms with Gasteiger partial charge in [0.1, 0.15) is 0 Å². The molecule has 1 N–H and O–H groups in total. The van der Waals surface area contributed by atoms with Crippen molar-refractivity contribution in [3.05, 3.63) is 12.2 Å². The van der Waals surface area contributed by atoms with E-state index >= 15 is 0 Å². The summed E-state index contributed by atoms with van der Waals surface area (Å²) in [5.74, 6) is -0.522. The normalized spacial score (nSPS) is 10.3. The molecule has 0 aliphatic rings. The van der Waals surface area contributed by atoms with E-state index in [4.69, 9.17) is 10.4 Å². The Hall–Kier alpha value is -1.34. The maximum Gasteiger partial charge on any atom is 0.332 e. The van der Waals surface area contributed by atoms with Crippen molar-refractivity contribution in [3.63, 3.8) is 0 Å². The minimum absolute atomic E-state index is 0.175. The molecule has 84 valence electrons. The van der Waals surface area contributed by atoms with E-state index in [0.29, 0.717) is 25.4 Å². The molecule has 0 rings (SSSR count). The van der Waals surface area contributed by atoms with Crippen molar-refractivity contribution >= 4 is 5.97 Å². The molecule has 0 amide bonds. The summed E-state index contributed by atoms with van der Waals surface area (Å²) in [7, 11) is 0. The minimum atomic E-state index is -0.972. The van der Waals surface area contributed by atoms with Gasteiger partial charge in [-0.15, -0.1) is 0 Å². The highest BCUT2D eigenvalue weighted by atomic mass is 16.4. The summed E-state index contributed by atoms with van der Waals surface area (Å²) >= 11 is 0. The molecule has 15 heavy (non-hydrogen) atoms. The SMILES string of the molecule is C=C(CN(CCC#N)CC(C)C)C(=O)O. The molecule has 0 atom stereocenters. The van der Waals surface area contributed by atoms with E-state index in [-0.39, 0.29) is 5.57 Å². The number of nitriles is 1. The van der Waals surface area contributed by atoms with Gasteiger partial charge in [-0.3, -0.25) is 4.90 Å². The highest BCUT2D eigenvalue weighted by Crippen LogP contribution is 2.03. The van der Waals surface area contributed by atoms with Gasteiger partial charge in [0, 0.05) is 31.6 Å². The molecule has 0 aliphatic carbocycles. The summed E-state index contributed by atoms with van der Waals surface area (Å²) in [5.41, 5.74) is 0.175. The first-order valence-corrected chi connectivity index (χ1v) is 4.97. The van der Waals surface area contributed by atoms with Gasteiger partial charge in [-0.05, 0) is 5.92 Å². The summed E-state index contributed by atoms with van der Waals surface area (Å²) in [4.78, 5) is 12.6. The lowest BCUT2D eigenvalue weighted by Gasteiger charge is -2.22. The summed E-state index contributed by atoms with van der Waals surface area (Å²) in [5, 5.41) is 17.2. The Morgan fingerprint density at radius 1 is 1.60 bits per heavy atom. The second kappa shape index (κ2) is 7.02. The molecule has 0 aromatic heterocycles. The van der Waals surface area contributed by atoms with Crippen molar-refractivity contribution in [3.8, 4) is 6.07 Å². The summed E-state index contributed by atoms with van der Waals surface area (Å²) in [6.07, 6.45) is 0.416. The monoisotopic (exact) mass is 210 g/mol. The molecule has 0 radical (unpaired) electrons. The highest BCUT2D eigenvalue weighted by molar-refractivity contribution is 5.86. The number of carbonyl (C=O) groups is 1.